The first-order valence-corrected chi connectivity index (χ1v) is 5.49. The topological polar surface area (TPSA) is 29.1 Å². The van der Waals surface area contributed by atoms with Crippen LogP contribution in [0.2, 0.25) is 5.02 Å². The van der Waals surface area contributed by atoms with E-state index in [1.165, 1.54) is 6.07 Å². The minimum atomic E-state index is -0.684. The molecule has 15 heavy (non-hydrogen) atoms. The Hall–Kier alpha value is -0.580. The molecule has 82 valence electrons. The lowest BCUT2D eigenvalue weighted by molar-refractivity contribution is -0.111. The molecule has 1 N–H and O–H groups in total. The van der Waals surface area contributed by atoms with Gasteiger partial charge >= 0.3 is 0 Å². The van der Waals surface area contributed by atoms with Crippen molar-refractivity contribution in [3.8, 4) is 0 Å². The van der Waals surface area contributed by atoms with E-state index in [4.69, 9.17) is 11.6 Å². The van der Waals surface area contributed by atoms with Crippen molar-refractivity contribution in [2.24, 2.45) is 0 Å². The molecule has 1 aromatic rings. The standard InChI is InChI=1S/C10H11ClFNOS/c1-10(2,6-14)13-15-9-4-3-7(11)5-8(9)12/h3-6,13H,1-2H3. The quantitative estimate of drug-likeness (QED) is 0.655. The second-order valence-corrected chi connectivity index (χ2v) is 4.90. The van der Waals surface area contributed by atoms with Crippen molar-refractivity contribution in [3.63, 3.8) is 0 Å². The van der Waals surface area contributed by atoms with Crippen molar-refractivity contribution in [1.29, 1.82) is 0 Å². The lowest BCUT2D eigenvalue weighted by Gasteiger charge is -2.17. The molecule has 0 saturated carbocycles. The van der Waals surface area contributed by atoms with Crippen LogP contribution in [0, 0.1) is 5.82 Å². The summed E-state index contributed by atoms with van der Waals surface area (Å²) in [5.41, 5.74) is -0.684. The Morgan fingerprint density at radius 2 is 2.20 bits per heavy atom. The minimum Gasteiger partial charge on any atom is -0.301 e. The van der Waals surface area contributed by atoms with E-state index in [2.05, 4.69) is 4.72 Å². The SMILES string of the molecule is CC(C)(C=O)NSc1ccc(Cl)cc1F. The maximum absolute atomic E-state index is 13.3. The summed E-state index contributed by atoms with van der Waals surface area (Å²) in [7, 11) is 0. The van der Waals surface area contributed by atoms with Crippen LogP contribution in [0.4, 0.5) is 4.39 Å². The Morgan fingerprint density at radius 3 is 2.73 bits per heavy atom. The second kappa shape index (κ2) is 4.96. The highest BCUT2D eigenvalue weighted by Crippen LogP contribution is 2.23. The summed E-state index contributed by atoms with van der Waals surface area (Å²) < 4.78 is 16.1. The number of benzene rings is 1. The number of hydrogen-bond acceptors (Lipinski definition) is 3. The van der Waals surface area contributed by atoms with Gasteiger partial charge in [-0.15, -0.1) is 0 Å². The highest BCUT2D eigenvalue weighted by atomic mass is 35.5. The van der Waals surface area contributed by atoms with Gasteiger partial charge in [-0.1, -0.05) is 11.6 Å². The van der Waals surface area contributed by atoms with Crippen LogP contribution < -0.4 is 4.72 Å². The van der Waals surface area contributed by atoms with E-state index in [9.17, 15) is 9.18 Å². The molecule has 0 fully saturated rings. The van der Waals surface area contributed by atoms with E-state index in [0.717, 1.165) is 18.2 Å². The lowest BCUT2D eigenvalue weighted by atomic mass is 10.1. The number of nitrogens with one attached hydrogen (secondary N) is 1. The average molecular weight is 248 g/mol. The van der Waals surface area contributed by atoms with E-state index in [1.54, 1.807) is 26.0 Å². The summed E-state index contributed by atoms with van der Waals surface area (Å²) in [6.45, 7) is 3.42. The molecule has 0 amide bonds. The molecule has 0 aliphatic carbocycles. The normalized spacial score (nSPS) is 11.5. The summed E-state index contributed by atoms with van der Waals surface area (Å²) in [6.07, 6.45) is 0.772. The van der Waals surface area contributed by atoms with E-state index < -0.39 is 11.4 Å². The highest BCUT2D eigenvalue weighted by Gasteiger charge is 2.16. The molecule has 2 nitrogen and oxygen atoms in total. The van der Waals surface area contributed by atoms with Gasteiger partial charge in [0.15, 0.2) is 0 Å². The molecule has 1 aromatic carbocycles. The van der Waals surface area contributed by atoms with Crippen LogP contribution >= 0.6 is 23.5 Å². The zero-order valence-electron chi connectivity index (χ0n) is 8.38. The number of halogens is 2. The van der Waals surface area contributed by atoms with Gasteiger partial charge < -0.3 is 4.79 Å². The highest BCUT2D eigenvalue weighted by molar-refractivity contribution is 7.97. The Balaban J connectivity index is 2.70. The largest absolute Gasteiger partial charge is 0.301 e. The van der Waals surface area contributed by atoms with Gasteiger partial charge in [0.2, 0.25) is 0 Å². The van der Waals surface area contributed by atoms with Gasteiger partial charge in [-0.2, -0.15) is 0 Å². The molecule has 0 atom stereocenters. The molecule has 5 heteroatoms. The van der Waals surface area contributed by atoms with Crippen molar-refractivity contribution in [3.05, 3.63) is 29.0 Å². The Bertz CT molecular complexity index is 370. The molecule has 0 bridgehead atoms. The number of rotatable bonds is 4. The Labute approximate surface area is 97.3 Å². The molecule has 0 unspecified atom stereocenters. The molecule has 0 aliphatic heterocycles. The maximum Gasteiger partial charge on any atom is 0.140 e. The molecule has 0 saturated heterocycles. The number of aldehydes is 1. The second-order valence-electron chi connectivity index (χ2n) is 3.62. The molecule has 0 heterocycles. The minimum absolute atomic E-state index is 0.353. The molecule has 0 radical (unpaired) electrons. The third kappa shape index (κ3) is 3.81. The lowest BCUT2D eigenvalue weighted by Crippen LogP contribution is -2.35. The van der Waals surface area contributed by atoms with Crippen molar-refractivity contribution in [2.75, 3.05) is 0 Å². The van der Waals surface area contributed by atoms with Crippen molar-refractivity contribution >= 4 is 29.8 Å². The van der Waals surface area contributed by atoms with Gasteiger partial charge in [-0.05, 0) is 44.0 Å². The van der Waals surface area contributed by atoms with E-state index >= 15 is 0 Å². The average Bonchev–Trinajstić information content (AvgIpc) is 2.16. The predicted octanol–water partition coefficient (Wildman–Crippen LogP) is 3.05. The van der Waals surface area contributed by atoms with Gasteiger partial charge in [-0.25, -0.2) is 9.11 Å². The maximum atomic E-state index is 13.3. The number of carbonyl (C=O) groups excluding carboxylic acids is 1. The zero-order valence-corrected chi connectivity index (χ0v) is 9.95. The summed E-state index contributed by atoms with van der Waals surface area (Å²) >= 11 is 6.68. The van der Waals surface area contributed by atoms with Gasteiger partial charge in [0.25, 0.3) is 0 Å². The van der Waals surface area contributed by atoms with Crippen LogP contribution in [-0.2, 0) is 4.79 Å². The molecule has 1 rings (SSSR count). The monoisotopic (exact) mass is 247 g/mol. The fourth-order valence-electron chi connectivity index (χ4n) is 0.769. The predicted molar refractivity (Wildman–Crippen MR) is 60.5 cm³/mol. The first-order valence-electron chi connectivity index (χ1n) is 4.30. The van der Waals surface area contributed by atoms with E-state index in [-0.39, 0.29) is 0 Å². The van der Waals surface area contributed by atoms with Crippen LogP contribution in [0.5, 0.6) is 0 Å². The van der Waals surface area contributed by atoms with Crippen molar-refractivity contribution < 1.29 is 9.18 Å². The fraction of sp³-hybridized carbons (Fsp3) is 0.300. The zero-order chi connectivity index (χ0) is 11.5. The summed E-state index contributed by atoms with van der Waals surface area (Å²) in [6, 6.07) is 4.40. The van der Waals surface area contributed by atoms with E-state index in [0.29, 0.717) is 9.92 Å². The first-order chi connectivity index (χ1) is 6.94. The van der Waals surface area contributed by atoms with E-state index in [1.807, 2.05) is 0 Å². The van der Waals surface area contributed by atoms with Gasteiger partial charge in [-0.3, -0.25) is 0 Å². The molecule has 0 spiro atoms. The summed E-state index contributed by atoms with van der Waals surface area (Å²) in [5, 5.41) is 0.353. The van der Waals surface area contributed by atoms with Crippen molar-refractivity contribution in [2.45, 2.75) is 24.3 Å². The third-order valence-electron chi connectivity index (χ3n) is 1.61. The third-order valence-corrected chi connectivity index (χ3v) is 3.03. The Morgan fingerprint density at radius 1 is 1.53 bits per heavy atom. The first kappa shape index (κ1) is 12.5. The molecule has 0 aliphatic rings. The summed E-state index contributed by atoms with van der Waals surface area (Å²) in [4.78, 5) is 11.0. The van der Waals surface area contributed by atoms with Crippen LogP contribution in [0.15, 0.2) is 23.1 Å². The van der Waals surface area contributed by atoms with Crippen LogP contribution in [0.1, 0.15) is 13.8 Å². The molecule has 0 aromatic heterocycles. The van der Waals surface area contributed by atoms with Gasteiger partial charge in [0, 0.05) is 5.02 Å². The van der Waals surface area contributed by atoms with Crippen LogP contribution in [0.25, 0.3) is 0 Å². The molecular formula is C10H11ClFNOS. The van der Waals surface area contributed by atoms with Crippen LogP contribution in [0.3, 0.4) is 0 Å². The fourth-order valence-corrected chi connectivity index (χ4v) is 1.64. The van der Waals surface area contributed by atoms with Crippen LogP contribution in [-0.4, -0.2) is 11.8 Å². The number of hydrogen-bond donors (Lipinski definition) is 1. The number of carbonyl (C=O) groups is 1. The van der Waals surface area contributed by atoms with Gasteiger partial charge in [0.1, 0.15) is 12.1 Å². The summed E-state index contributed by atoms with van der Waals surface area (Å²) in [5.74, 6) is -0.401. The van der Waals surface area contributed by atoms with Crippen molar-refractivity contribution in [1.82, 2.24) is 4.72 Å². The Kier molecular flexibility index (Phi) is 4.13. The van der Waals surface area contributed by atoms with Gasteiger partial charge in [0.05, 0.1) is 10.4 Å². The molecular weight excluding hydrogens is 237 g/mol. The smallest absolute Gasteiger partial charge is 0.140 e.